The number of hydrogen-bond acceptors (Lipinski definition) is 1. The number of fused-ring (bicyclic) bond motifs is 1. The molecule has 1 atom stereocenters. The molecule has 1 saturated heterocycles. The van der Waals surface area contributed by atoms with Gasteiger partial charge in [-0.25, -0.2) is 0 Å². The van der Waals surface area contributed by atoms with Gasteiger partial charge in [0, 0.05) is 0 Å². The fourth-order valence-corrected chi connectivity index (χ4v) is 5.33. The van der Waals surface area contributed by atoms with Gasteiger partial charge in [-0.1, -0.05) is 44.5 Å². The van der Waals surface area contributed by atoms with Crippen molar-refractivity contribution in [3.8, 4) is 0 Å². The lowest BCUT2D eigenvalue weighted by molar-refractivity contribution is 0.0690. The standard InChI is InChI=1S/C21H33N/c1-16(2)13-20(4)15-21(8-10-22(5)11-9-21)14-18-7-6-17(3)12-19(18)20/h6-7,12,16H,8-11,13-15H2,1-5H3. The van der Waals surface area contributed by atoms with Crippen molar-refractivity contribution in [1.29, 1.82) is 0 Å². The van der Waals surface area contributed by atoms with Gasteiger partial charge >= 0.3 is 0 Å². The van der Waals surface area contributed by atoms with E-state index < -0.39 is 0 Å². The molecular weight excluding hydrogens is 266 g/mol. The predicted molar refractivity (Wildman–Crippen MR) is 95.5 cm³/mol. The van der Waals surface area contributed by atoms with Crippen LogP contribution in [0.2, 0.25) is 0 Å². The number of rotatable bonds is 2. The molecular formula is C21H33N. The molecule has 0 bridgehead atoms. The van der Waals surface area contributed by atoms with E-state index in [1.165, 1.54) is 50.8 Å². The fourth-order valence-electron chi connectivity index (χ4n) is 5.33. The molecule has 122 valence electrons. The second kappa shape index (κ2) is 5.67. The lowest BCUT2D eigenvalue weighted by atomic mass is 9.55. The van der Waals surface area contributed by atoms with Gasteiger partial charge in [0.05, 0.1) is 0 Å². The summed E-state index contributed by atoms with van der Waals surface area (Å²) in [6, 6.07) is 7.24. The molecule has 1 nitrogen and oxygen atoms in total. The van der Waals surface area contributed by atoms with E-state index in [4.69, 9.17) is 0 Å². The molecule has 0 radical (unpaired) electrons. The second-order valence-electron chi connectivity index (χ2n) is 8.98. The topological polar surface area (TPSA) is 3.24 Å². The molecule has 1 spiro atoms. The van der Waals surface area contributed by atoms with Gasteiger partial charge < -0.3 is 4.90 Å². The smallest absolute Gasteiger partial charge is 0.00164 e. The van der Waals surface area contributed by atoms with E-state index in [1.54, 1.807) is 11.1 Å². The Morgan fingerprint density at radius 2 is 1.86 bits per heavy atom. The highest BCUT2D eigenvalue weighted by molar-refractivity contribution is 5.41. The van der Waals surface area contributed by atoms with Crippen LogP contribution in [0.4, 0.5) is 0 Å². The minimum Gasteiger partial charge on any atom is -0.306 e. The molecule has 0 N–H and O–H groups in total. The Balaban J connectivity index is 2.00. The molecule has 22 heavy (non-hydrogen) atoms. The first-order valence-electron chi connectivity index (χ1n) is 9.11. The van der Waals surface area contributed by atoms with Crippen molar-refractivity contribution in [2.24, 2.45) is 11.3 Å². The maximum Gasteiger partial charge on any atom is -0.00164 e. The Labute approximate surface area is 137 Å². The normalized spacial score (nSPS) is 28.1. The lowest BCUT2D eigenvalue weighted by Crippen LogP contribution is -2.46. The molecule has 3 rings (SSSR count). The van der Waals surface area contributed by atoms with Crippen LogP contribution in [0.15, 0.2) is 18.2 Å². The largest absolute Gasteiger partial charge is 0.306 e. The van der Waals surface area contributed by atoms with Gasteiger partial charge in [-0.15, -0.1) is 0 Å². The van der Waals surface area contributed by atoms with Crippen LogP contribution in [0.25, 0.3) is 0 Å². The first-order chi connectivity index (χ1) is 10.3. The molecule has 0 aromatic heterocycles. The van der Waals surface area contributed by atoms with Crippen molar-refractivity contribution < 1.29 is 0 Å². The van der Waals surface area contributed by atoms with Crippen LogP contribution in [0.3, 0.4) is 0 Å². The number of likely N-dealkylation sites (tertiary alicyclic amines) is 1. The maximum absolute atomic E-state index is 2.55. The first kappa shape index (κ1) is 16.1. The third-order valence-electron chi connectivity index (χ3n) is 6.15. The number of piperidine rings is 1. The SMILES string of the molecule is Cc1ccc2c(c1)C(C)(CC(C)C)CC1(CCN(C)CC1)C2. The van der Waals surface area contributed by atoms with Crippen molar-refractivity contribution in [2.45, 2.75) is 65.2 Å². The van der Waals surface area contributed by atoms with Gasteiger partial charge in [-0.2, -0.15) is 0 Å². The summed E-state index contributed by atoms with van der Waals surface area (Å²) in [5.41, 5.74) is 5.64. The van der Waals surface area contributed by atoms with Crippen LogP contribution in [0.5, 0.6) is 0 Å². The minimum atomic E-state index is 0.365. The predicted octanol–water partition coefficient (Wildman–Crippen LogP) is 4.96. The lowest BCUT2D eigenvalue weighted by Gasteiger charge is -2.51. The van der Waals surface area contributed by atoms with E-state index in [0.29, 0.717) is 10.8 Å². The third kappa shape index (κ3) is 2.97. The van der Waals surface area contributed by atoms with Crippen LogP contribution < -0.4 is 0 Å². The van der Waals surface area contributed by atoms with E-state index in [9.17, 15) is 0 Å². The Morgan fingerprint density at radius 1 is 1.18 bits per heavy atom. The highest BCUT2D eigenvalue weighted by Crippen LogP contribution is 2.53. The molecule has 1 aliphatic heterocycles. The Kier molecular flexibility index (Phi) is 4.14. The van der Waals surface area contributed by atoms with Crippen molar-refractivity contribution >= 4 is 0 Å². The second-order valence-corrected chi connectivity index (χ2v) is 8.98. The summed E-state index contributed by atoms with van der Waals surface area (Å²) in [6.07, 6.45) is 6.78. The van der Waals surface area contributed by atoms with Crippen LogP contribution in [-0.2, 0) is 11.8 Å². The van der Waals surface area contributed by atoms with Crippen molar-refractivity contribution in [3.05, 3.63) is 34.9 Å². The summed E-state index contributed by atoms with van der Waals surface area (Å²) in [7, 11) is 2.28. The van der Waals surface area contributed by atoms with Crippen molar-refractivity contribution in [2.75, 3.05) is 20.1 Å². The first-order valence-corrected chi connectivity index (χ1v) is 9.11. The zero-order valence-electron chi connectivity index (χ0n) is 15.2. The van der Waals surface area contributed by atoms with Gasteiger partial charge in [0.2, 0.25) is 0 Å². The van der Waals surface area contributed by atoms with E-state index in [2.05, 4.69) is 57.8 Å². The maximum atomic E-state index is 2.55. The summed E-state index contributed by atoms with van der Waals surface area (Å²) in [6.45, 7) is 12.1. The van der Waals surface area contributed by atoms with Crippen molar-refractivity contribution in [1.82, 2.24) is 4.90 Å². The number of aryl methyl sites for hydroxylation is 1. The Bertz CT molecular complexity index is 537. The van der Waals surface area contributed by atoms with Gasteiger partial charge in [0.15, 0.2) is 0 Å². The van der Waals surface area contributed by atoms with E-state index in [-0.39, 0.29) is 0 Å². The van der Waals surface area contributed by atoms with Crippen molar-refractivity contribution in [3.63, 3.8) is 0 Å². The summed E-state index contributed by atoms with van der Waals surface area (Å²) in [5.74, 6) is 0.764. The highest BCUT2D eigenvalue weighted by atomic mass is 15.1. The fraction of sp³-hybridized carbons (Fsp3) is 0.714. The number of benzene rings is 1. The summed E-state index contributed by atoms with van der Waals surface area (Å²) >= 11 is 0. The molecule has 1 aromatic carbocycles. The van der Waals surface area contributed by atoms with Crippen LogP contribution in [0.1, 0.15) is 63.1 Å². The van der Waals surface area contributed by atoms with Gasteiger partial charge in [-0.3, -0.25) is 0 Å². The molecule has 1 heterocycles. The third-order valence-corrected chi connectivity index (χ3v) is 6.15. The van der Waals surface area contributed by atoms with E-state index >= 15 is 0 Å². The van der Waals surface area contributed by atoms with Crippen LogP contribution in [0, 0.1) is 18.3 Å². The summed E-state index contributed by atoms with van der Waals surface area (Å²) in [5, 5.41) is 0. The van der Waals surface area contributed by atoms with Crippen LogP contribution in [-0.4, -0.2) is 25.0 Å². The molecule has 2 aliphatic rings. The van der Waals surface area contributed by atoms with Crippen LogP contribution >= 0.6 is 0 Å². The Hall–Kier alpha value is -0.820. The summed E-state index contributed by atoms with van der Waals surface area (Å²) in [4.78, 5) is 2.51. The minimum absolute atomic E-state index is 0.365. The van der Waals surface area contributed by atoms with Gasteiger partial charge in [0.25, 0.3) is 0 Å². The molecule has 0 amide bonds. The van der Waals surface area contributed by atoms with Gasteiger partial charge in [0.1, 0.15) is 0 Å². The van der Waals surface area contributed by atoms with E-state index in [1.807, 2.05) is 0 Å². The molecule has 1 unspecified atom stereocenters. The molecule has 1 heteroatoms. The van der Waals surface area contributed by atoms with E-state index in [0.717, 1.165) is 5.92 Å². The average Bonchev–Trinajstić information content (AvgIpc) is 2.43. The average molecular weight is 300 g/mol. The molecule has 1 aromatic rings. The zero-order chi connectivity index (χ0) is 16.0. The number of nitrogens with zero attached hydrogens (tertiary/aromatic N) is 1. The molecule has 1 aliphatic carbocycles. The molecule has 1 fully saturated rings. The highest BCUT2D eigenvalue weighted by Gasteiger charge is 2.46. The molecule has 0 saturated carbocycles. The number of hydrogen-bond donors (Lipinski definition) is 0. The monoisotopic (exact) mass is 299 g/mol. The Morgan fingerprint density at radius 3 is 2.50 bits per heavy atom. The zero-order valence-corrected chi connectivity index (χ0v) is 15.2. The van der Waals surface area contributed by atoms with Gasteiger partial charge in [-0.05, 0) is 87.0 Å². The quantitative estimate of drug-likeness (QED) is 0.746. The summed E-state index contributed by atoms with van der Waals surface area (Å²) < 4.78 is 0.